The van der Waals surface area contributed by atoms with Crippen molar-refractivity contribution in [2.75, 3.05) is 7.11 Å². The number of carbonyl (C=O) groups excluding carboxylic acids is 2. The lowest BCUT2D eigenvalue weighted by atomic mass is 9.85. The number of halogens is 1. The van der Waals surface area contributed by atoms with E-state index in [9.17, 15) is 14.0 Å². The monoisotopic (exact) mass is 397 g/mol. The molecule has 2 bridgehead atoms. The van der Waals surface area contributed by atoms with E-state index < -0.39 is 5.82 Å². The lowest BCUT2D eigenvalue weighted by molar-refractivity contribution is 0.0485. The Balaban J connectivity index is 1.41. The Labute approximate surface area is 169 Å². The third-order valence-corrected chi connectivity index (χ3v) is 5.91. The van der Waals surface area contributed by atoms with Crippen LogP contribution in [0.4, 0.5) is 9.18 Å². The summed E-state index contributed by atoms with van der Waals surface area (Å²) in [5.74, 6) is -0.468. The molecule has 0 aliphatic carbocycles. The number of nitrogens with zero attached hydrogens (tertiary/aromatic N) is 1. The van der Waals surface area contributed by atoms with Gasteiger partial charge in [0, 0.05) is 29.6 Å². The third kappa shape index (κ3) is 4.11. The van der Waals surface area contributed by atoms with Crippen molar-refractivity contribution < 1.29 is 23.5 Å². The first kappa shape index (κ1) is 19.4. The lowest BCUT2D eigenvalue weighted by Gasteiger charge is -2.37. The smallest absolute Gasteiger partial charge is 0.410 e. The summed E-state index contributed by atoms with van der Waals surface area (Å²) in [6.07, 6.45) is 2.56. The highest BCUT2D eigenvalue weighted by Crippen LogP contribution is 2.40. The molecule has 2 aliphatic rings. The van der Waals surface area contributed by atoms with Gasteiger partial charge in [0.25, 0.3) is 0 Å². The second-order valence-electron chi connectivity index (χ2n) is 7.74. The summed E-state index contributed by atoms with van der Waals surface area (Å²) >= 11 is 0. The minimum Gasteiger partial charge on any atom is -0.497 e. The van der Waals surface area contributed by atoms with Gasteiger partial charge in [-0.05, 0) is 43.4 Å². The van der Waals surface area contributed by atoms with Crippen molar-refractivity contribution in [3.8, 4) is 5.75 Å². The molecule has 2 atom stereocenters. The van der Waals surface area contributed by atoms with Gasteiger partial charge in [0.1, 0.15) is 18.2 Å². The maximum Gasteiger partial charge on any atom is 0.410 e. The van der Waals surface area contributed by atoms with Gasteiger partial charge in [-0.15, -0.1) is 0 Å². The van der Waals surface area contributed by atoms with Crippen LogP contribution in [0.5, 0.6) is 5.75 Å². The van der Waals surface area contributed by atoms with Gasteiger partial charge in [-0.2, -0.15) is 0 Å². The minimum atomic E-state index is -0.488. The predicted molar refractivity (Wildman–Crippen MR) is 105 cm³/mol. The van der Waals surface area contributed by atoms with Gasteiger partial charge in [0.05, 0.1) is 7.11 Å². The lowest BCUT2D eigenvalue weighted by Crippen LogP contribution is -2.48. The summed E-state index contributed by atoms with van der Waals surface area (Å²) in [4.78, 5) is 27.4. The molecule has 2 saturated heterocycles. The molecule has 2 fully saturated rings. The van der Waals surface area contributed by atoms with Gasteiger partial charge in [0.2, 0.25) is 0 Å². The second-order valence-corrected chi connectivity index (χ2v) is 7.74. The molecule has 152 valence electrons. The molecule has 6 heteroatoms. The van der Waals surface area contributed by atoms with Crippen molar-refractivity contribution in [3.63, 3.8) is 0 Å². The van der Waals surface area contributed by atoms with Gasteiger partial charge < -0.3 is 14.4 Å². The van der Waals surface area contributed by atoms with E-state index >= 15 is 0 Å². The van der Waals surface area contributed by atoms with E-state index in [0.29, 0.717) is 24.2 Å². The molecule has 2 heterocycles. The molecule has 1 amide bonds. The van der Waals surface area contributed by atoms with E-state index in [-0.39, 0.29) is 36.5 Å². The fourth-order valence-corrected chi connectivity index (χ4v) is 4.54. The zero-order chi connectivity index (χ0) is 20.4. The molecule has 0 spiro atoms. The number of methoxy groups -OCH3 is 1. The number of ether oxygens (including phenoxy) is 2. The highest BCUT2D eigenvalue weighted by molar-refractivity contribution is 5.98. The van der Waals surface area contributed by atoms with E-state index in [2.05, 4.69) is 0 Å². The highest BCUT2D eigenvalue weighted by Gasteiger charge is 2.46. The Morgan fingerprint density at radius 1 is 1.07 bits per heavy atom. The SMILES string of the molecule is COc1cc(F)cc(C(=O)C2CC3CCC(C2)N3C(=O)OCc2ccccc2)c1. The average Bonchev–Trinajstić information content (AvgIpc) is 3.01. The maximum atomic E-state index is 13.8. The van der Waals surface area contributed by atoms with Crippen LogP contribution in [-0.4, -0.2) is 36.0 Å². The van der Waals surface area contributed by atoms with Gasteiger partial charge in [0.15, 0.2) is 5.78 Å². The number of Topliss-reactive ketones (excluding diaryl/α,β-unsaturated/α-hetero) is 1. The van der Waals surface area contributed by atoms with Crippen LogP contribution in [0.15, 0.2) is 48.5 Å². The summed E-state index contributed by atoms with van der Waals surface area (Å²) in [6, 6.07) is 13.6. The van der Waals surface area contributed by atoms with E-state index in [0.717, 1.165) is 18.4 Å². The Kier molecular flexibility index (Phi) is 5.51. The molecule has 2 aromatic carbocycles. The first-order valence-corrected chi connectivity index (χ1v) is 9.93. The molecule has 5 nitrogen and oxygen atoms in total. The predicted octanol–water partition coefficient (Wildman–Crippen LogP) is 4.60. The first-order chi connectivity index (χ1) is 14.0. The molecule has 4 rings (SSSR count). The Hall–Kier alpha value is -2.89. The van der Waals surface area contributed by atoms with Crippen molar-refractivity contribution in [1.29, 1.82) is 0 Å². The number of benzene rings is 2. The topological polar surface area (TPSA) is 55.8 Å². The van der Waals surface area contributed by atoms with Gasteiger partial charge in [-0.1, -0.05) is 30.3 Å². The molecule has 2 aromatic rings. The molecule has 0 saturated carbocycles. The standard InChI is InChI=1S/C23H24FNO4/c1-28-21-12-16(9-18(24)13-21)22(26)17-10-19-7-8-20(11-17)25(19)23(27)29-14-15-5-3-2-4-6-15/h2-6,9,12-13,17,19-20H,7-8,10-11,14H2,1H3. The molecule has 2 aliphatic heterocycles. The van der Waals surface area contributed by atoms with E-state index in [1.807, 2.05) is 30.3 Å². The van der Waals surface area contributed by atoms with E-state index in [1.54, 1.807) is 11.0 Å². The Morgan fingerprint density at radius 3 is 2.41 bits per heavy atom. The number of fused-ring (bicyclic) bond motifs is 2. The van der Waals surface area contributed by atoms with Gasteiger partial charge in [-0.3, -0.25) is 4.79 Å². The number of piperidine rings is 1. The molecule has 2 unspecified atom stereocenters. The number of carbonyl (C=O) groups is 2. The van der Waals surface area contributed by atoms with Crippen LogP contribution in [0.25, 0.3) is 0 Å². The van der Waals surface area contributed by atoms with Crippen molar-refractivity contribution in [2.45, 2.75) is 44.4 Å². The van der Waals surface area contributed by atoms with Crippen LogP contribution in [0, 0.1) is 11.7 Å². The fraction of sp³-hybridized carbons (Fsp3) is 0.391. The van der Waals surface area contributed by atoms with Crippen LogP contribution in [0.1, 0.15) is 41.6 Å². The van der Waals surface area contributed by atoms with Crippen LogP contribution in [0.2, 0.25) is 0 Å². The normalized spacial score (nSPS) is 23.0. The van der Waals surface area contributed by atoms with Crippen molar-refractivity contribution >= 4 is 11.9 Å². The zero-order valence-electron chi connectivity index (χ0n) is 16.3. The third-order valence-electron chi connectivity index (χ3n) is 5.91. The van der Waals surface area contributed by atoms with Crippen molar-refractivity contribution in [2.24, 2.45) is 5.92 Å². The number of hydrogen-bond donors (Lipinski definition) is 0. The van der Waals surface area contributed by atoms with Crippen LogP contribution < -0.4 is 4.74 Å². The quantitative estimate of drug-likeness (QED) is 0.692. The first-order valence-electron chi connectivity index (χ1n) is 9.93. The number of hydrogen-bond acceptors (Lipinski definition) is 4. The maximum absolute atomic E-state index is 13.8. The Bertz CT molecular complexity index is 887. The molecule has 29 heavy (non-hydrogen) atoms. The molecular formula is C23H24FNO4. The Morgan fingerprint density at radius 2 is 1.76 bits per heavy atom. The molecule has 0 aromatic heterocycles. The zero-order valence-corrected chi connectivity index (χ0v) is 16.3. The van der Waals surface area contributed by atoms with Gasteiger partial charge >= 0.3 is 6.09 Å². The number of amides is 1. The largest absolute Gasteiger partial charge is 0.497 e. The summed E-state index contributed by atoms with van der Waals surface area (Å²) in [5, 5.41) is 0. The minimum absolute atomic E-state index is 0.0126. The van der Waals surface area contributed by atoms with Crippen molar-refractivity contribution in [3.05, 3.63) is 65.5 Å². The average molecular weight is 397 g/mol. The summed E-state index contributed by atoms with van der Waals surface area (Å²) in [7, 11) is 1.45. The summed E-state index contributed by atoms with van der Waals surface area (Å²) in [6.45, 7) is 0.237. The number of rotatable bonds is 5. The van der Waals surface area contributed by atoms with Crippen LogP contribution >= 0.6 is 0 Å². The van der Waals surface area contributed by atoms with Crippen LogP contribution in [0.3, 0.4) is 0 Å². The number of ketones is 1. The molecule has 0 N–H and O–H groups in total. The fourth-order valence-electron chi connectivity index (χ4n) is 4.54. The van der Waals surface area contributed by atoms with Gasteiger partial charge in [-0.25, -0.2) is 9.18 Å². The van der Waals surface area contributed by atoms with E-state index in [4.69, 9.17) is 9.47 Å². The van der Waals surface area contributed by atoms with E-state index in [1.165, 1.54) is 19.2 Å². The summed E-state index contributed by atoms with van der Waals surface area (Å²) < 4.78 is 24.4. The van der Waals surface area contributed by atoms with Crippen LogP contribution in [-0.2, 0) is 11.3 Å². The van der Waals surface area contributed by atoms with Crippen molar-refractivity contribution in [1.82, 2.24) is 4.90 Å². The second kappa shape index (κ2) is 8.23. The summed E-state index contributed by atoms with van der Waals surface area (Å²) in [5.41, 5.74) is 1.27. The molecule has 0 radical (unpaired) electrons. The molecular weight excluding hydrogens is 373 g/mol. The highest BCUT2D eigenvalue weighted by atomic mass is 19.1.